The molecule has 1 aromatic carbocycles. The number of rotatable bonds is 5. The second-order valence-corrected chi connectivity index (χ2v) is 5.36. The lowest BCUT2D eigenvalue weighted by molar-refractivity contribution is 0.398. The van der Waals surface area contributed by atoms with Crippen LogP contribution in [0.25, 0.3) is 11.0 Å². The van der Waals surface area contributed by atoms with Gasteiger partial charge >= 0.3 is 0 Å². The van der Waals surface area contributed by atoms with Crippen molar-refractivity contribution in [3.8, 4) is 11.5 Å². The van der Waals surface area contributed by atoms with Gasteiger partial charge in [-0.15, -0.1) is 0 Å². The number of aromatic nitrogens is 3. The van der Waals surface area contributed by atoms with Gasteiger partial charge < -0.3 is 20.9 Å². The lowest BCUT2D eigenvalue weighted by Crippen LogP contribution is -2.03. The lowest BCUT2D eigenvalue weighted by atomic mass is 10.0. The standard InChI is InChI=1S/C17H19N5O2/c1-23-12-5-6-14(24-2)11(8-12)4-3-10-7-13-15(18)21-17(19)22-16(13)20-9-10/h5-9H,3-4H2,1-2H3,(H4,18,19,20,21,22). The van der Waals surface area contributed by atoms with Gasteiger partial charge in [0.15, 0.2) is 5.65 Å². The van der Waals surface area contributed by atoms with Crippen molar-refractivity contribution in [1.29, 1.82) is 0 Å². The van der Waals surface area contributed by atoms with Crippen LogP contribution in [-0.4, -0.2) is 29.2 Å². The molecule has 0 aliphatic rings. The highest BCUT2D eigenvalue weighted by Gasteiger charge is 2.09. The summed E-state index contributed by atoms with van der Waals surface area (Å²) in [7, 11) is 3.30. The molecule has 0 aliphatic carbocycles. The fourth-order valence-corrected chi connectivity index (χ4v) is 2.59. The van der Waals surface area contributed by atoms with Crippen LogP contribution >= 0.6 is 0 Å². The molecule has 0 fully saturated rings. The number of benzene rings is 1. The number of anilines is 2. The molecular formula is C17H19N5O2. The summed E-state index contributed by atoms with van der Waals surface area (Å²) in [6, 6.07) is 7.71. The van der Waals surface area contributed by atoms with E-state index in [1.165, 1.54) is 0 Å². The summed E-state index contributed by atoms with van der Waals surface area (Å²) in [4.78, 5) is 12.4. The molecule has 3 rings (SSSR count). The van der Waals surface area contributed by atoms with E-state index < -0.39 is 0 Å². The van der Waals surface area contributed by atoms with Crippen LogP contribution in [0.1, 0.15) is 11.1 Å². The molecule has 0 saturated carbocycles. The largest absolute Gasteiger partial charge is 0.497 e. The van der Waals surface area contributed by atoms with E-state index in [9.17, 15) is 0 Å². The first-order chi connectivity index (χ1) is 11.6. The highest BCUT2D eigenvalue weighted by Crippen LogP contribution is 2.26. The van der Waals surface area contributed by atoms with Crippen molar-refractivity contribution in [2.45, 2.75) is 12.8 Å². The third-order valence-corrected chi connectivity index (χ3v) is 3.83. The van der Waals surface area contributed by atoms with Crippen molar-refractivity contribution in [3.63, 3.8) is 0 Å². The maximum Gasteiger partial charge on any atom is 0.224 e. The molecule has 3 aromatic rings. The molecule has 2 aromatic heterocycles. The second-order valence-electron chi connectivity index (χ2n) is 5.36. The Morgan fingerprint density at radius 3 is 2.58 bits per heavy atom. The number of hydrogen-bond donors (Lipinski definition) is 2. The topological polar surface area (TPSA) is 109 Å². The minimum absolute atomic E-state index is 0.126. The van der Waals surface area contributed by atoms with E-state index in [0.29, 0.717) is 16.9 Å². The summed E-state index contributed by atoms with van der Waals surface area (Å²) < 4.78 is 10.7. The van der Waals surface area contributed by atoms with Gasteiger partial charge in [0.1, 0.15) is 17.3 Å². The van der Waals surface area contributed by atoms with Crippen molar-refractivity contribution in [3.05, 3.63) is 41.6 Å². The van der Waals surface area contributed by atoms with Gasteiger partial charge in [0.2, 0.25) is 5.95 Å². The van der Waals surface area contributed by atoms with Crippen molar-refractivity contribution in [1.82, 2.24) is 15.0 Å². The fraction of sp³-hybridized carbons (Fsp3) is 0.235. The van der Waals surface area contributed by atoms with Crippen molar-refractivity contribution in [2.75, 3.05) is 25.7 Å². The van der Waals surface area contributed by atoms with E-state index in [0.717, 1.165) is 35.5 Å². The molecule has 0 bridgehead atoms. The van der Waals surface area contributed by atoms with Crippen LogP contribution in [0, 0.1) is 0 Å². The summed E-state index contributed by atoms with van der Waals surface area (Å²) in [5.74, 6) is 2.10. The Morgan fingerprint density at radius 1 is 1.00 bits per heavy atom. The molecule has 0 atom stereocenters. The van der Waals surface area contributed by atoms with Crippen molar-refractivity contribution < 1.29 is 9.47 Å². The van der Waals surface area contributed by atoms with Crippen molar-refractivity contribution in [2.24, 2.45) is 0 Å². The number of methoxy groups -OCH3 is 2. The minimum Gasteiger partial charge on any atom is -0.497 e. The molecule has 2 heterocycles. The summed E-state index contributed by atoms with van der Waals surface area (Å²) in [5.41, 5.74) is 14.1. The Hall–Kier alpha value is -3.09. The second kappa shape index (κ2) is 6.57. The summed E-state index contributed by atoms with van der Waals surface area (Å²) in [6.07, 6.45) is 3.33. The highest BCUT2D eigenvalue weighted by atomic mass is 16.5. The number of ether oxygens (including phenoxy) is 2. The summed E-state index contributed by atoms with van der Waals surface area (Å²) in [5, 5.41) is 0.708. The van der Waals surface area contributed by atoms with Crippen LogP contribution in [0.15, 0.2) is 30.5 Å². The molecule has 0 radical (unpaired) electrons. The molecule has 7 heteroatoms. The molecule has 24 heavy (non-hydrogen) atoms. The zero-order chi connectivity index (χ0) is 17.1. The zero-order valence-corrected chi connectivity index (χ0v) is 13.6. The molecule has 0 unspecified atom stereocenters. The van der Waals surface area contributed by atoms with Crippen LogP contribution < -0.4 is 20.9 Å². The highest BCUT2D eigenvalue weighted by molar-refractivity contribution is 5.86. The quantitative estimate of drug-likeness (QED) is 0.738. The Bertz CT molecular complexity index is 882. The summed E-state index contributed by atoms with van der Waals surface area (Å²) in [6.45, 7) is 0. The SMILES string of the molecule is COc1ccc(OC)c(CCc2cnc3nc(N)nc(N)c3c2)c1. The molecule has 7 nitrogen and oxygen atoms in total. The van der Waals surface area contributed by atoms with E-state index in [-0.39, 0.29) is 5.95 Å². The lowest BCUT2D eigenvalue weighted by Gasteiger charge is -2.11. The first-order valence-electron chi connectivity index (χ1n) is 7.49. The number of nitrogen functional groups attached to an aromatic ring is 2. The van der Waals surface area contributed by atoms with Crippen LogP contribution in [0.2, 0.25) is 0 Å². The van der Waals surface area contributed by atoms with Gasteiger partial charge in [0.25, 0.3) is 0 Å². The van der Waals surface area contributed by atoms with Crippen molar-refractivity contribution >= 4 is 22.8 Å². The third kappa shape index (κ3) is 3.15. The molecular weight excluding hydrogens is 306 g/mol. The predicted octanol–water partition coefficient (Wildman–Crippen LogP) is 1.99. The van der Waals surface area contributed by atoms with Crippen LogP contribution in [0.5, 0.6) is 11.5 Å². The average molecular weight is 325 g/mol. The normalized spacial score (nSPS) is 10.8. The number of aryl methyl sites for hydroxylation is 2. The fourth-order valence-electron chi connectivity index (χ4n) is 2.59. The first-order valence-corrected chi connectivity index (χ1v) is 7.49. The van der Waals surface area contributed by atoms with E-state index in [2.05, 4.69) is 15.0 Å². The Morgan fingerprint density at radius 2 is 1.83 bits per heavy atom. The summed E-state index contributed by atoms with van der Waals surface area (Å²) >= 11 is 0. The third-order valence-electron chi connectivity index (χ3n) is 3.83. The number of fused-ring (bicyclic) bond motifs is 1. The van der Waals surface area contributed by atoms with Crippen LogP contribution in [0.3, 0.4) is 0 Å². The van der Waals surface area contributed by atoms with Gasteiger partial charge in [-0.3, -0.25) is 0 Å². The van der Waals surface area contributed by atoms with Crippen LogP contribution in [0.4, 0.5) is 11.8 Å². The number of pyridine rings is 1. The number of hydrogen-bond acceptors (Lipinski definition) is 7. The molecule has 0 saturated heterocycles. The number of nitrogens with two attached hydrogens (primary N) is 2. The first kappa shape index (κ1) is 15.8. The maximum atomic E-state index is 5.91. The maximum absolute atomic E-state index is 5.91. The predicted molar refractivity (Wildman–Crippen MR) is 93.1 cm³/mol. The molecule has 0 amide bonds. The minimum atomic E-state index is 0.126. The van der Waals surface area contributed by atoms with Crippen LogP contribution in [-0.2, 0) is 12.8 Å². The Labute approximate surface area is 139 Å². The van der Waals surface area contributed by atoms with E-state index >= 15 is 0 Å². The van der Waals surface area contributed by atoms with E-state index in [1.807, 2.05) is 24.3 Å². The molecule has 124 valence electrons. The molecule has 4 N–H and O–H groups in total. The Balaban J connectivity index is 1.86. The number of nitrogens with zero attached hydrogens (tertiary/aromatic N) is 3. The van der Waals surface area contributed by atoms with E-state index in [1.54, 1.807) is 20.4 Å². The van der Waals surface area contributed by atoms with Gasteiger partial charge in [-0.25, -0.2) is 4.98 Å². The molecule has 0 aliphatic heterocycles. The van der Waals surface area contributed by atoms with Gasteiger partial charge in [0.05, 0.1) is 19.6 Å². The Kier molecular flexibility index (Phi) is 4.33. The van der Waals surface area contributed by atoms with Gasteiger partial charge in [-0.2, -0.15) is 9.97 Å². The van der Waals surface area contributed by atoms with Gasteiger partial charge in [-0.05, 0) is 48.2 Å². The average Bonchev–Trinajstić information content (AvgIpc) is 2.59. The molecule has 0 spiro atoms. The zero-order valence-electron chi connectivity index (χ0n) is 13.6. The monoisotopic (exact) mass is 325 g/mol. The van der Waals surface area contributed by atoms with Gasteiger partial charge in [0, 0.05) is 6.20 Å². The smallest absolute Gasteiger partial charge is 0.224 e. The van der Waals surface area contributed by atoms with E-state index in [4.69, 9.17) is 20.9 Å². The van der Waals surface area contributed by atoms with Gasteiger partial charge in [-0.1, -0.05) is 0 Å².